The second-order valence-electron chi connectivity index (χ2n) is 5.54. The van der Waals surface area contributed by atoms with Crippen LogP contribution in [0.2, 0.25) is 0 Å². The zero-order chi connectivity index (χ0) is 10.8. The van der Waals surface area contributed by atoms with Gasteiger partial charge in [0.1, 0.15) is 0 Å². The SMILES string of the molecule is CC(CO)(COC(C)(C)C)NC1CC1. The number of aliphatic hydroxyl groups is 1. The van der Waals surface area contributed by atoms with Gasteiger partial charge in [-0.1, -0.05) is 0 Å². The van der Waals surface area contributed by atoms with Gasteiger partial charge in [0.15, 0.2) is 0 Å². The van der Waals surface area contributed by atoms with Crippen LogP contribution in [-0.2, 0) is 4.74 Å². The van der Waals surface area contributed by atoms with E-state index in [0.717, 1.165) is 0 Å². The van der Waals surface area contributed by atoms with Crippen LogP contribution in [0.4, 0.5) is 0 Å². The van der Waals surface area contributed by atoms with Crippen LogP contribution in [0.25, 0.3) is 0 Å². The first-order valence-corrected chi connectivity index (χ1v) is 5.37. The Kier molecular flexibility index (Phi) is 3.56. The minimum absolute atomic E-state index is 0.125. The van der Waals surface area contributed by atoms with Crippen LogP contribution in [-0.4, -0.2) is 35.5 Å². The van der Waals surface area contributed by atoms with Gasteiger partial charge in [-0.3, -0.25) is 0 Å². The van der Waals surface area contributed by atoms with Crippen molar-refractivity contribution < 1.29 is 9.84 Å². The Morgan fingerprint density at radius 1 is 1.29 bits per heavy atom. The third-order valence-corrected chi connectivity index (χ3v) is 2.30. The van der Waals surface area contributed by atoms with E-state index >= 15 is 0 Å². The van der Waals surface area contributed by atoms with Gasteiger partial charge in [-0.25, -0.2) is 0 Å². The fraction of sp³-hybridized carbons (Fsp3) is 1.00. The lowest BCUT2D eigenvalue weighted by molar-refractivity contribution is -0.0451. The topological polar surface area (TPSA) is 41.5 Å². The second kappa shape index (κ2) is 4.17. The summed E-state index contributed by atoms with van der Waals surface area (Å²) in [6.45, 7) is 8.78. The summed E-state index contributed by atoms with van der Waals surface area (Å²) in [6.07, 6.45) is 2.45. The van der Waals surface area contributed by atoms with Gasteiger partial charge in [-0.15, -0.1) is 0 Å². The van der Waals surface area contributed by atoms with Crippen LogP contribution in [0.15, 0.2) is 0 Å². The van der Waals surface area contributed by atoms with Gasteiger partial charge < -0.3 is 15.2 Å². The first-order chi connectivity index (χ1) is 6.35. The molecule has 0 radical (unpaired) electrons. The van der Waals surface area contributed by atoms with E-state index in [9.17, 15) is 5.11 Å². The summed E-state index contributed by atoms with van der Waals surface area (Å²) < 4.78 is 5.69. The lowest BCUT2D eigenvalue weighted by atomic mass is 10.0. The molecule has 0 heterocycles. The molecule has 3 heteroatoms. The lowest BCUT2D eigenvalue weighted by Crippen LogP contribution is -2.51. The molecule has 0 aromatic rings. The van der Waals surface area contributed by atoms with Crippen LogP contribution in [0.5, 0.6) is 0 Å². The van der Waals surface area contributed by atoms with E-state index in [4.69, 9.17) is 4.74 Å². The maximum absolute atomic E-state index is 9.32. The Labute approximate surface area is 86.8 Å². The predicted octanol–water partition coefficient (Wildman–Crippen LogP) is 1.30. The number of hydrogen-bond donors (Lipinski definition) is 2. The highest BCUT2D eigenvalue weighted by Gasteiger charge is 2.33. The van der Waals surface area contributed by atoms with E-state index in [1.165, 1.54) is 12.8 Å². The van der Waals surface area contributed by atoms with Crippen molar-refractivity contribution in [1.82, 2.24) is 5.32 Å². The highest BCUT2D eigenvalue weighted by Crippen LogP contribution is 2.23. The largest absolute Gasteiger partial charge is 0.394 e. The maximum atomic E-state index is 9.32. The monoisotopic (exact) mass is 201 g/mol. The molecule has 2 N–H and O–H groups in total. The molecule has 0 amide bonds. The smallest absolute Gasteiger partial charge is 0.0675 e. The molecule has 1 atom stereocenters. The highest BCUT2D eigenvalue weighted by atomic mass is 16.5. The number of hydrogen-bond acceptors (Lipinski definition) is 3. The molecule has 3 nitrogen and oxygen atoms in total. The summed E-state index contributed by atoms with van der Waals surface area (Å²) in [6, 6.07) is 0.593. The molecule has 0 saturated heterocycles. The molecule has 0 aromatic heterocycles. The summed E-state index contributed by atoms with van der Waals surface area (Å²) >= 11 is 0. The average Bonchev–Trinajstić information content (AvgIpc) is 2.84. The van der Waals surface area contributed by atoms with Gasteiger partial charge in [-0.2, -0.15) is 0 Å². The summed E-state index contributed by atoms with van der Waals surface area (Å²) in [5, 5.41) is 12.7. The summed E-state index contributed by atoms with van der Waals surface area (Å²) in [5.41, 5.74) is -0.421. The standard InChI is InChI=1S/C11H23NO2/c1-10(2,3)14-8-11(4,7-13)12-9-5-6-9/h9,12-13H,5-8H2,1-4H3. The van der Waals surface area contributed by atoms with Crippen molar-refractivity contribution in [2.75, 3.05) is 13.2 Å². The van der Waals surface area contributed by atoms with Crippen molar-refractivity contribution in [2.24, 2.45) is 0 Å². The van der Waals surface area contributed by atoms with Crippen LogP contribution in [0.3, 0.4) is 0 Å². The molecular weight excluding hydrogens is 178 g/mol. The Morgan fingerprint density at radius 3 is 2.21 bits per heavy atom. The minimum Gasteiger partial charge on any atom is -0.394 e. The molecule has 1 fully saturated rings. The zero-order valence-electron chi connectivity index (χ0n) is 9.76. The van der Waals surface area contributed by atoms with E-state index in [1.54, 1.807) is 0 Å². The van der Waals surface area contributed by atoms with E-state index < -0.39 is 0 Å². The number of nitrogens with one attached hydrogen (secondary N) is 1. The molecule has 14 heavy (non-hydrogen) atoms. The van der Waals surface area contributed by atoms with Gasteiger partial charge in [0.05, 0.1) is 24.4 Å². The summed E-state index contributed by atoms with van der Waals surface area (Å²) in [7, 11) is 0. The molecule has 1 aliphatic carbocycles. The molecule has 1 rings (SSSR count). The normalized spacial score (nSPS) is 22.1. The predicted molar refractivity (Wildman–Crippen MR) is 57.4 cm³/mol. The van der Waals surface area contributed by atoms with Gasteiger partial charge in [0, 0.05) is 6.04 Å². The van der Waals surface area contributed by atoms with Crippen molar-refractivity contribution >= 4 is 0 Å². The number of rotatable bonds is 5. The maximum Gasteiger partial charge on any atom is 0.0675 e. The van der Waals surface area contributed by atoms with Crippen LogP contribution < -0.4 is 5.32 Å². The lowest BCUT2D eigenvalue weighted by Gasteiger charge is -2.32. The molecule has 0 spiro atoms. The third kappa shape index (κ3) is 4.40. The molecule has 0 aliphatic heterocycles. The summed E-state index contributed by atoms with van der Waals surface area (Å²) in [4.78, 5) is 0. The van der Waals surface area contributed by atoms with E-state index in [0.29, 0.717) is 12.6 Å². The van der Waals surface area contributed by atoms with E-state index in [1.807, 2.05) is 27.7 Å². The quantitative estimate of drug-likeness (QED) is 0.704. The average molecular weight is 201 g/mol. The fourth-order valence-corrected chi connectivity index (χ4v) is 1.23. The molecule has 1 saturated carbocycles. The van der Waals surface area contributed by atoms with Crippen molar-refractivity contribution in [3.05, 3.63) is 0 Å². The molecule has 0 aromatic carbocycles. The van der Waals surface area contributed by atoms with E-state index in [2.05, 4.69) is 5.32 Å². The van der Waals surface area contributed by atoms with Crippen LogP contribution >= 0.6 is 0 Å². The Balaban J connectivity index is 2.35. The minimum atomic E-state index is -0.283. The Bertz CT molecular complexity index is 184. The molecule has 0 bridgehead atoms. The Morgan fingerprint density at radius 2 is 1.86 bits per heavy atom. The van der Waals surface area contributed by atoms with Crippen LogP contribution in [0, 0.1) is 0 Å². The van der Waals surface area contributed by atoms with Gasteiger partial charge in [0.2, 0.25) is 0 Å². The first-order valence-electron chi connectivity index (χ1n) is 5.37. The molecule has 84 valence electrons. The first kappa shape index (κ1) is 12.0. The van der Waals surface area contributed by atoms with Crippen molar-refractivity contribution in [2.45, 2.75) is 57.7 Å². The molecule has 1 unspecified atom stereocenters. The fourth-order valence-electron chi connectivity index (χ4n) is 1.23. The van der Waals surface area contributed by atoms with Crippen molar-refractivity contribution in [1.29, 1.82) is 0 Å². The van der Waals surface area contributed by atoms with Crippen molar-refractivity contribution in [3.8, 4) is 0 Å². The second-order valence-corrected chi connectivity index (χ2v) is 5.54. The Hall–Kier alpha value is -0.120. The van der Waals surface area contributed by atoms with Gasteiger partial charge in [-0.05, 0) is 40.5 Å². The molecular formula is C11H23NO2. The van der Waals surface area contributed by atoms with E-state index in [-0.39, 0.29) is 17.7 Å². The van der Waals surface area contributed by atoms with Gasteiger partial charge >= 0.3 is 0 Å². The number of aliphatic hydroxyl groups excluding tert-OH is 1. The zero-order valence-corrected chi connectivity index (χ0v) is 9.76. The van der Waals surface area contributed by atoms with Gasteiger partial charge in [0.25, 0.3) is 0 Å². The van der Waals surface area contributed by atoms with Crippen molar-refractivity contribution in [3.63, 3.8) is 0 Å². The summed E-state index contributed by atoms with van der Waals surface area (Å²) in [5.74, 6) is 0. The third-order valence-electron chi connectivity index (χ3n) is 2.30. The highest BCUT2D eigenvalue weighted by molar-refractivity contribution is 4.92. The molecule has 1 aliphatic rings. The number of ether oxygens (including phenoxy) is 1. The van der Waals surface area contributed by atoms with Crippen LogP contribution in [0.1, 0.15) is 40.5 Å².